The fourth-order valence-electron chi connectivity index (χ4n) is 5.58. The van der Waals surface area contributed by atoms with Gasteiger partial charge >= 0.3 is 0 Å². The Morgan fingerprint density at radius 2 is 1.83 bits per heavy atom. The largest absolute Gasteiger partial charge is 0.358 e. The summed E-state index contributed by atoms with van der Waals surface area (Å²) in [4.78, 5) is 22.9. The van der Waals surface area contributed by atoms with E-state index in [0.717, 1.165) is 31.5 Å². The molecule has 0 spiro atoms. The molecule has 7 nitrogen and oxygen atoms in total. The minimum atomic E-state index is -0.343. The molecule has 0 unspecified atom stereocenters. The summed E-state index contributed by atoms with van der Waals surface area (Å²) >= 11 is 0. The first kappa shape index (κ1) is 23.4. The minimum absolute atomic E-state index is 0.0596. The van der Waals surface area contributed by atoms with E-state index in [2.05, 4.69) is 50.2 Å². The van der Waals surface area contributed by atoms with Crippen molar-refractivity contribution in [1.29, 1.82) is 0 Å². The number of carbonyl (C=O) groups is 1. The van der Waals surface area contributed by atoms with E-state index in [1.54, 1.807) is 0 Å². The molecule has 1 saturated carbocycles. The predicted octanol–water partition coefficient (Wildman–Crippen LogP) is 5.25. The van der Waals surface area contributed by atoms with Crippen LogP contribution in [0.3, 0.4) is 0 Å². The highest BCUT2D eigenvalue weighted by Gasteiger charge is 2.28. The van der Waals surface area contributed by atoms with Crippen LogP contribution in [-0.2, 0) is 11.2 Å². The number of aromatic nitrogens is 3. The molecular weight excluding hydrogens is 436 g/mol. The smallest absolute Gasteiger partial charge is 0.243 e. The van der Waals surface area contributed by atoms with Crippen molar-refractivity contribution in [2.45, 2.75) is 69.9 Å². The highest BCUT2D eigenvalue weighted by molar-refractivity contribution is 5.85. The summed E-state index contributed by atoms with van der Waals surface area (Å²) in [5, 5.41) is 9.94. The summed E-state index contributed by atoms with van der Waals surface area (Å²) in [5.74, 6) is 2.56. The summed E-state index contributed by atoms with van der Waals surface area (Å²) in [5.41, 5.74) is 2.62. The molecule has 35 heavy (non-hydrogen) atoms. The number of amides is 1. The molecular formula is C28H36N6O. The molecule has 7 heteroatoms. The summed E-state index contributed by atoms with van der Waals surface area (Å²) in [6, 6.07) is 14.1. The second-order valence-corrected chi connectivity index (χ2v) is 9.86. The van der Waals surface area contributed by atoms with E-state index < -0.39 is 0 Å². The third-order valence-corrected chi connectivity index (χ3v) is 7.42. The number of rotatable bonds is 8. The quantitative estimate of drug-likeness (QED) is 0.417. The van der Waals surface area contributed by atoms with Gasteiger partial charge in [-0.15, -0.1) is 0 Å². The zero-order valence-electron chi connectivity index (χ0n) is 20.5. The maximum absolute atomic E-state index is 13.7. The summed E-state index contributed by atoms with van der Waals surface area (Å²) in [6.45, 7) is 0. The topological polar surface area (TPSA) is 83.9 Å². The molecule has 184 valence electrons. The maximum Gasteiger partial charge on any atom is 0.243 e. The van der Waals surface area contributed by atoms with Crippen molar-refractivity contribution in [3.63, 3.8) is 0 Å². The van der Waals surface area contributed by atoms with Crippen molar-refractivity contribution in [3.05, 3.63) is 66.0 Å². The standard InChI is InChI=1S/C28H36N6O/c1-29-28-32-25(19-26(33-28)34-16-7-8-17-34)30-24(18-20-10-3-2-4-11-20)27(35)31-23-15-9-13-21-12-5-6-14-22(21)23/h5-8,12,14,16-17,19-20,23-24H,2-4,9-11,13,15,18H2,1H3,(H,31,35)(H2,29,30,32,33)/t23-,24-/m1/s1. The lowest BCUT2D eigenvalue weighted by Crippen LogP contribution is -2.43. The van der Waals surface area contributed by atoms with Crippen LogP contribution >= 0.6 is 0 Å². The van der Waals surface area contributed by atoms with Gasteiger partial charge in [-0.1, -0.05) is 56.4 Å². The zero-order chi connectivity index (χ0) is 24.0. The average molecular weight is 473 g/mol. The lowest BCUT2D eigenvalue weighted by atomic mass is 9.84. The van der Waals surface area contributed by atoms with Gasteiger partial charge < -0.3 is 20.5 Å². The Morgan fingerprint density at radius 3 is 2.63 bits per heavy atom. The molecule has 2 heterocycles. The van der Waals surface area contributed by atoms with Gasteiger partial charge in [0.15, 0.2) is 0 Å². The summed E-state index contributed by atoms with van der Waals surface area (Å²) < 4.78 is 1.95. The molecule has 2 aliphatic carbocycles. The highest BCUT2D eigenvalue weighted by atomic mass is 16.2. The Morgan fingerprint density at radius 1 is 1.03 bits per heavy atom. The third-order valence-electron chi connectivity index (χ3n) is 7.42. The number of nitrogens with one attached hydrogen (secondary N) is 3. The van der Waals surface area contributed by atoms with Gasteiger partial charge in [0, 0.05) is 25.5 Å². The van der Waals surface area contributed by atoms with Crippen molar-refractivity contribution < 1.29 is 4.79 Å². The third kappa shape index (κ3) is 5.66. The van der Waals surface area contributed by atoms with Crippen LogP contribution in [-0.4, -0.2) is 33.5 Å². The lowest BCUT2D eigenvalue weighted by Gasteiger charge is -2.31. The van der Waals surface area contributed by atoms with Crippen LogP contribution < -0.4 is 16.0 Å². The molecule has 0 bridgehead atoms. The highest BCUT2D eigenvalue weighted by Crippen LogP contribution is 2.31. The monoisotopic (exact) mass is 472 g/mol. The molecule has 3 N–H and O–H groups in total. The second kappa shape index (κ2) is 10.9. The van der Waals surface area contributed by atoms with Crippen molar-refractivity contribution in [3.8, 4) is 5.82 Å². The molecule has 0 radical (unpaired) electrons. The van der Waals surface area contributed by atoms with Crippen LogP contribution in [0.5, 0.6) is 0 Å². The van der Waals surface area contributed by atoms with Gasteiger partial charge in [0.05, 0.1) is 6.04 Å². The fraction of sp³-hybridized carbons (Fsp3) is 0.464. The SMILES string of the molecule is CNc1nc(N[C@H](CC2CCCCC2)C(=O)N[C@@H]2CCCc3ccccc32)cc(-n2cccc2)n1. The van der Waals surface area contributed by atoms with Gasteiger partial charge in [-0.25, -0.2) is 0 Å². The normalized spacial score (nSPS) is 18.9. The van der Waals surface area contributed by atoms with Gasteiger partial charge in [0.1, 0.15) is 17.7 Å². The van der Waals surface area contributed by atoms with Gasteiger partial charge in [-0.05, 0) is 54.9 Å². The molecule has 3 aromatic rings. The first-order chi connectivity index (χ1) is 17.2. The van der Waals surface area contributed by atoms with Crippen molar-refractivity contribution in [1.82, 2.24) is 19.9 Å². The van der Waals surface area contributed by atoms with E-state index in [1.807, 2.05) is 42.2 Å². The van der Waals surface area contributed by atoms with E-state index >= 15 is 0 Å². The first-order valence-electron chi connectivity index (χ1n) is 13.0. The van der Waals surface area contributed by atoms with Crippen LogP contribution in [0.25, 0.3) is 5.82 Å². The molecule has 5 rings (SSSR count). The second-order valence-electron chi connectivity index (χ2n) is 9.86. The van der Waals surface area contributed by atoms with Crippen molar-refractivity contribution in [2.75, 3.05) is 17.7 Å². The minimum Gasteiger partial charge on any atom is -0.358 e. The van der Waals surface area contributed by atoms with E-state index in [1.165, 1.54) is 43.2 Å². The average Bonchev–Trinajstić information content (AvgIpc) is 3.44. The molecule has 1 fully saturated rings. The van der Waals surface area contributed by atoms with Crippen LogP contribution in [0.2, 0.25) is 0 Å². The Labute approximate surface area is 207 Å². The number of aryl methyl sites for hydroxylation is 1. The van der Waals surface area contributed by atoms with E-state index in [0.29, 0.717) is 17.7 Å². The van der Waals surface area contributed by atoms with Crippen LogP contribution in [0, 0.1) is 5.92 Å². The Balaban J connectivity index is 1.38. The number of anilines is 2. The zero-order valence-corrected chi connectivity index (χ0v) is 20.5. The van der Waals surface area contributed by atoms with Gasteiger partial charge in [-0.3, -0.25) is 4.79 Å². The van der Waals surface area contributed by atoms with Crippen molar-refractivity contribution in [2.24, 2.45) is 5.92 Å². The molecule has 0 saturated heterocycles. The Hall–Kier alpha value is -3.35. The maximum atomic E-state index is 13.7. The first-order valence-corrected chi connectivity index (χ1v) is 13.0. The van der Waals surface area contributed by atoms with E-state index in [-0.39, 0.29) is 18.0 Å². The van der Waals surface area contributed by atoms with Crippen LogP contribution in [0.1, 0.15) is 68.5 Å². The number of hydrogen-bond acceptors (Lipinski definition) is 5. The van der Waals surface area contributed by atoms with E-state index in [4.69, 9.17) is 0 Å². The number of benzene rings is 1. The molecule has 2 atom stereocenters. The van der Waals surface area contributed by atoms with Crippen LogP contribution in [0.4, 0.5) is 11.8 Å². The number of fused-ring (bicyclic) bond motifs is 1. The number of carbonyl (C=O) groups excluding carboxylic acids is 1. The molecule has 2 aromatic heterocycles. The van der Waals surface area contributed by atoms with Gasteiger partial charge in [0.2, 0.25) is 11.9 Å². The molecule has 2 aliphatic rings. The van der Waals surface area contributed by atoms with Crippen LogP contribution in [0.15, 0.2) is 54.9 Å². The predicted molar refractivity (Wildman–Crippen MR) is 140 cm³/mol. The molecule has 1 aromatic carbocycles. The number of nitrogens with zero attached hydrogens (tertiary/aromatic N) is 3. The molecule has 0 aliphatic heterocycles. The Bertz CT molecular complexity index is 1120. The number of hydrogen-bond donors (Lipinski definition) is 3. The lowest BCUT2D eigenvalue weighted by molar-refractivity contribution is -0.123. The van der Waals surface area contributed by atoms with Gasteiger partial charge in [0.25, 0.3) is 0 Å². The Kier molecular flexibility index (Phi) is 7.31. The molecule has 1 amide bonds. The van der Waals surface area contributed by atoms with Crippen molar-refractivity contribution >= 4 is 17.7 Å². The van der Waals surface area contributed by atoms with Gasteiger partial charge in [-0.2, -0.15) is 9.97 Å². The fourth-order valence-corrected chi connectivity index (χ4v) is 5.58. The summed E-state index contributed by atoms with van der Waals surface area (Å²) in [7, 11) is 1.81. The summed E-state index contributed by atoms with van der Waals surface area (Å²) in [6.07, 6.45) is 14.1. The van der Waals surface area contributed by atoms with E-state index in [9.17, 15) is 4.79 Å².